The summed E-state index contributed by atoms with van der Waals surface area (Å²) in [6.07, 6.45) is 2.89. The normalized spacial score (nSPS) is 13.0. The molecule has 0 bridgehead atoms. The first-order valence-electron chi connectivity index (χ1n) is 7.31. The zero-order valence-electron chi connectivity index (χ0n) is 13.4. The Hall–Kier alpha value is -1.75. The highest BCUT2D eigenvalue weighted by Gasteiger charge is 2.41. The number of esters is 2. The summed E-state index contributed by atoms with van der Waals surface area (Å²) in [5.74, 6) is -1.79. The number of hydrogen-bond acceptors (Lipinski definition) is 6. The lowest BCUT2D eigenvalue weighted by Crippen LogP contribution is -2.26. The maximum atomic E-state index is 12.8. The zero-order valence-corrected chi connectivity index (χ0v) is 14.3. The Kier molecular flexibility index (Phi) is 7.89. The number of allylic oxidation sites excluding steroid dienone is 1. The van der Waals surface area contributed by atoms with Gasteiger partial charge in [-0.1, -0.05) is 30.4 Å². The monoisotopic (exact) mass is 340 g/mol. The predicted molar refractivity (Wildman–Crippen MR) is 86.3 cm³/mol. The van der Waals surface area contributed by atoms with E-state index in [0.717, 1.165) is 0 Å². The number of ether oxygens (including phenoxy) is 1. The first kappa shape index (κ1) is 19.3. The second-order valence-electron chi connectivity index (χ2n) is 4.42. The fourth-order valence-corrected chi connectivity index (χ4v) is 3.65. The lowest BCUT2D eigenvalue weighted by molar-refractivity contribution is -0.137. The minimum Gasteiger partial charge on any atom is -0.388 e. The molecule has 1 atom stereocenters. The summed E-state index contributed by atoms with van der Waals surface area (Å²) in [5.41, 5.74) is -1.07. The first-order valence-corrected chi connectivity index (χ1v) is 8.92. The third kappa shape index (κ3) is 5.43. The van der Waals surface area contributed by atoms with Gasteiger partial charge in [-0.05, 0) is 32.9 Å². The van der Waals surface area contributed by atoms with Gasteiger partial charge < -0.3 is 13.8 Å². The smallest absolute Gasteiger partial charge is 0.348 e. The molecule has 0 N–H and O–H groups in total. The van der Waals surface area contributed by atoms with Gasteiger partial charge in [0, 0.05) is 0 Å². The molecule has 0 fully saturated rings. The lowest BCUT2D eigenvalue weighted by atomic mass is 10.2. The van der Waals surface area contributed by atoms with Gasteiger partial charge in [0.1, 0.15) is 0 Å². The molecule has 126 valence electrons. The van der Waals surface area contributed by atoms with Gasteiger partial charge in [0.05, 0.1) is 18.8 Å². The average Bonchev–Trinajstić information content (AvgIpc) is 2.53. The van der Waals surface area contributed by atoms with Crippen LogP contribution < -0.4 is 0 Å². The van der Waals surface area contributed by atoms with Crippen LogP contribution >= 0.6 is 7.60 Å². The Morgan fingerprint density at radius 3 is 2.17 bits per heavy atom. The summed E-state index contributed by atoms with van der Waals surface area (Å²) in [7, 11) is -3.76. The van der Waals surface area contributed by atoms with Crippen LogP contribution in [-0.2, 0) is 23.1 Å². The van der Waals surface area contributed by atoms with Crippen molar-refractivity contribution in [3.63, 3.8) is 0 Å². The van der Waals surface area contributed by atoms with E-state index in [1.54, 1.807) is 39.0 Å². The van der Waals surface area contributed by atoms with Crippen molar-refractivity contribution in [2.45, 2.75) is 26.4 Å². The highest BCUT2D eigenvalue weighted by Crippen LogP contribution is 2.54. The summed E-state index contributed by atoms with van der Waals surface area (Å²) in [6.45, 7) is 5.13. The van der Waals surface area contributed by atoms with E-state index in [0.29, 0.717) is 0 Å². The van der Waals surface area contributed by atoms with Gasteiger partial charge in [0.2, 0.25) is 0 Å². The second-order valence-corrected chi connectivity index (χ2v) is 6.57. The van der Waals surface area contributed by atoms with E-state index < -0.39 is 25.2 Å². The summed E-state index contributed by atoms with van der Waals surface area (Å²) in [4.78, 5) is 24.3. The van der Waals surface area contributed by atoms with E-state index in [1.165, 1.54) is 24.3 Å². The highest BCUT2D eigenvalue weighted by molar-refractivity contribution is 7.56. The van der Waals surface area contributed by atoms with Crippen LogP contribution in [0.25, 0.3) is 0 Å². The Labute approximate surface area is 136 Å². The van der Waals surface area contributed by atoms with Crippen LogP contribution in [0.3, 0.4) is 0 Å². The molecular formula is C16H21O6P. The fourth-order valence-electron chi connectivity index (χ4n) is 1.84. The molecule has 0 saturated carbocycles. The minimum absolute atomic E-state index is 0.102. The summed E-state index contributed by atoms with van der Waals surface area (Å²) >= 11 is 0. The molecule has 1 aromatic rings. The molecule has 0 amide bonds. The first-order chi connectivity index (χ1) is 11.0. The zero-order chi connectivity index (χ0) is 17.3. The molecule has 0 saturated heterocycles. The van der Waals surface area contributed by atoms with Crippen molar-refractivity contribution in [1.82, 2.24) is 0 Å². The van der Waals surface area contributed by atoms with Crippen molar-refractivity contribution in [3.05, 3.63) is 48.0 Å². The minimum atomic E-state index is -3.76. The van der Waals surface area contributed by atoms with E-state index in [2.05, 4.69) is 0 Å². The van der Waals surface area contributed by atoms with Crippen LogP contribution in [-0.4, -0.2) is 30.8 Å². The van der Waals surface area contributed by atoms with E-state index in [1.807, 2.05) is 0 Å². The third-order valence-corrected chi connectivity index (χ3v) is 5.08. The van der Waals surface area contributed by atoms with Gasteiger partial charge in [-0.3, -0.25) is 9.36 Å². The Morgan fingerprint density at radius 1 is 1.13 bits per heavy atom. The van der Waals surface area contributed by atoms with Gasteiger partial charge in [-0.15, -0.1) is 0 Å². The van der Waals surface area contributed by atoms with Crippen molar-refractivity contribution in [2.24, 2.45) is 0 Å². The molecule has 23 heavy (non-hydrogen) atoms. The van der Waals surface area contributed by atoms with Gasteiger partial charge >= 0.3 is 19.5 Å². The van der Waals surface area contributed by atoms with Gasteiger partial charge in [0.25, 0.3) is 0 Å². The van der Waals surface area contributed by atoms with Crippen molar-refractivity contribution in [2.75, 3.05) is 13.2 Å². The molecule has 1 aromatic carbocycles. The number of carbonyl (C=O) groups excluding carboxylic acids is 2. The van der Waals surface area contributed by atoms with Crippen LogP contribution in [0.4, 0.5) is 0 Å². The average molecular weight is 340 g/mol. The molecule has 0 spiro atoms. The Morgan fingerprint density at radius 2 is 1.70 bits per heavy atom. The van der Waals surface area contributed by atoms with Crippen LogP contribution in [0.15, 0.2) is 42.5 Å². The number of benzene rings is 1. The standard InChI is InChI=1S/C16H21O6P/c1-4-10-14(23(19,20-5-2)21-6-3)16(18)22-15(17)13-11-8-7-9-12-13/h4,7-12,14H,5-6H2,1-3H3/b10-4+. The Bertz CT molecular complexity index is 586. The molecule has 0 aliphatic rings. The maximum Gasteiger partial charge on any atom is 0.348 e. The van der Waals surface area contributed by atoms with Crippen molar-refractivity contribution in [1.29, 1.82) is 0 Å². The quantitative estimate of drug-likeness (QED) is 0.311. The van der Waals surface area contributed by atoms with Crippen LogP contribution in [0, 0.1) is 0 Å². The molecule has 1 unspecified atom stereocenters. The molecule has 0 aliphatic heterocycles. The molecule has 0 aliphatic carbocycles. The molecule has 0 radical (unpaired) electrons. The predicted octanol–water partition coefficient (Wildman–Crippen LogP) is 3.58. The van der Waals surface area contributed by atoms with Gasteiger partial charge in [-0.25, -0.2) is 4.79 Å². The molecule has 0 aromatic heterocycles. The van der Waals surface area contributed by atoms with Gasteiger partial charge in [-0.2, -0.15) is 0 Å². The highest BCUT2D eigenvalue weighted by atomic mass is 31.2. The van der Waals surface area contributed by atoms with Crippen LogP contribution in [0.1, 0.15) is 31.1 Å². The molecule has 7 heteroatoms. The largest absolute Gasteiger partial charge is 0.388 e. The summed E-state index contributed by atoms with van der Waals surface area (Å²) in [6, 6.07) is 8.07. The third-order valence-electron chi connectivity index (χ3n) is 2.78. The molecule has 6 nitrogen and oxygen atoms in total. The topological polar surface area (TPSA) is 78.9 Å². The van der Waals surface area contributed by atoms with E-state index in [4.69, 9.17) is 13.8 Å². The van der Waals surface area contributed by atoms with Crippen LogP contribution in [0.5, 0.6) is 0 Å². The van der Waals surface area contributed by atoms with Gasteiger partial charge in [0.15, 0.2) is 5.66 Å². The summed E-state index contributed by atoms with van der Waals surface area (Å²) < 4.78 is 27.9. The number of rotatable bonds is 8. The van der Waals surface area contributed by atoms with E-state index in [9.17, 15) is 14.2 Å². The molecule has 1 rings (SSSR count). The second kappa shape index (κ2) is 9.40. The van der Waals surface area contributed by atoms with Crippen molar-refractivity contribution < 1.29 is 27.9 Å². The summed E-state index contributed by atoms with van der Waals surface area (Å²) in [5, 5.41) is 0. The van der Waals surface area contributed by atoms with Crippen molar-refractivity contribution in [3.8, 4) is 0 Å². The molecule has 0 heterocycles. The SMILES string of the molecule is C/C=C/C(C(=O)OC(=O)c1ccccc1)P(=O)(OCC)OCC. The Balaban J connectivity index is 2.98. The number of hydrogen-bond donors (Lipinski definition) is 0. The maximum absolute atomic E-state index is 12.8. The number of carbonyl (C=O) groups is 2. The van der Waals surface area contributed by atoms with Crippen LogP contribution in [0.2, 0.25) is 0 Å². The van der Waals surface area contributed by atoms with E-state index >= 15 is 0 Å². The lowest BCUT2D eigenvalue weighted by Gasteiger charge is -2.22. The van der Waals surface area contributed by atoms with Crippen molar-refractivity contribution >= 4 is 19.5 Å². The van der Waals surface area contributed by atoms with E-state index in [-0.39, 0.29) is 18.8 Å². The molecular weight excluding hydrogens is 319 g/mol. The fraction of sp³-hybridized carbons (Fsp3) is 0.375.